The Labute approximate surface area is 112 Å². The van der Waals surface area contributed by atoms with Crippen molar-refractivity contribution in [3.63, 3.8) is 0 Å². The molecule has 1 heterocycles. The number of hydrogen-bond donors (Lipinski definition) is 1. The van der Waals surface area contributed by atoms with Gasteiger partial charge in [-0.15, -0.1) is 0 Å². The van der Waals surface area contributed by atoms with Crippen LogP contribution in [-0.4, -0.2) is 19.5 Å². The van der Waals surface area contributed by atoms with Crippen molar-refractivity contribution in [1.82, 2.24) is 4.98 Å². The second-order valence-corrected chi connectivity index (χ2v) is 6.09. The minimum absolute atomic E-state index is 0.339. The van der Waals surface area contributed by atoms with Gasteiger partial charge < -0.3 is 0 Å². The molecule has 18 heavy (non-hydrogen) atoms. The van der Waals surface area contributed by atoms with E-state index in [4.69, 9.17) is 0 Å². The van der Waals surface area contributed by atoms with E-state index in [2.05, 4.69) is 34.6 Å². The Bertz CT molecular complexity index is 638. The van der Waals surface area contributed by atoms with Crippen molar-refractivity contribution >= 4 is 36.0 Å². The van der Waals surface area contributed by atoms with Gasteiger partial charge in [-0.1, -0.05) is 0 Å². The predicted octanol–water partition coefficient (Wildman–Crippen LogP) is 3.37. The zero-order chi connectivity index (χ0) is 12.2. The molecule has 3 heteroatoms. The zero-order valence-corrected chi connectivity index (χ0v) is 11.4. The van der Waals surface area contributed by atoms with E-state index in [1.807, 2.05) is 42.6 Å². The van der Waals surface area contributed by atoms with Crippen LogP contribution in [0.5, 0.6) is 0 Å². The van der Waals surface area contributed by atoms with E-state index in [1.54, 1.807) is 0 Å². The molecule has 0 amide bonds. The number of nitrogens with zero attached hydrogens (tertiary/aromatic N) is 1. The number of rotatable bonds is 3. The van der Waals surface area contributed by atoms with Crippen molar-refractivity contribution in [3.05, 3.63) is 65.4 Å². The monoisotopic (exact) mass is 300 g/mol. The zero-order valence-electron chi connectivity index (χ0n) is 9.71. The SMILES string of the molecule is C(=Cc1nc2ccccc2[se]1)Nc1ccccc1. The first kappa shape index (κ1) is 11.3. The maximum absolute atomic E-state index is 4.60. The minimum atomic E-state index is 0.339. The topological polar surface area (TPSA) is 24.9 Å². The number of para-hydroxylation sites is 2. The van der Waals surface area contributed by atoms with Crippen LogP contribution >= 0.6 is 0 Å². The van der Waals surface area contributed by atoms with E-state index in [0.717, 1.165) is 15.8 Å². The van der Waals surface area contributed by atoms with Crippen LogP contribution in [0.4, 0.5) is 5.69 Å². The summed E-state index contributed by atoms with van der Waals surface area (Å²) in [6, 6.07) is 18.5. The summed E-state index contributed by atoms with van der Waals surface area (Å²) in [6.07, 6.45) is 4.02. The van der Waals surface area contributed by atoms with Crippen LogP contribution in [-0.2, 0) is 0 Å². The molecule has 0 saturated carbocycles. The van der Waals surface area contributed by atoms with E-state index < -0.39 is 0 Å². The van der Waals surface area contributed by atoms with Crippen molar-refractivity contribution in [2.45, 2.75) is 0 Å². The fourth-order valence-electron chi connectivity index (χ4n) is 1.70. The molecule has 2 nitrogen and oxygen atoms in total. The average molecular weight is 299 g/mol. The summed E-state index contributed by atoms with van der Waals surface area (Å²) >= 11 is 0.339. The molecule has 0 aliphatic heterocycles. The summed E-state index contributed by atoms with van der Waals surface area (Å²) in [4.78, 5) is 4.60. The van der Waals surface area contributed by atoms with Gasteiger partial charge in [0.15, 0.2) is 0 Å². The molecular weight excluding hydrogens is 287 g/mol. The molecule has 0 aliphatic rings. The number of anilines is 1. The Balaban J connectivity index is 1.76. The third-order valence-electron chi connectivity index (χ3n) is 2.56. The quantitative estimate of drug-likeness (QED) is 0.750. The number of hydrogen-bond acceptors (Lipinski definition) is 2. The number of fused-ring (bicyclic) bond motifs is 1. The van der Waals surface area contributed by atoms with Crippen molar-refractivity contribution in [3.8, 4) is 0 Å². The van der Waals surface area contributed by atoms with Crippen LogP contribution in [0.1, 0.15) is 4.57 Å². The van der Waals surface area contributed by atoms with Crippen molar-refractivity contribution in [1.29, 1.82) is 0 Å². The Morgan fingerprint density at radius 3 is 2.56 bits per heavy atom. The first-order valence-corrected chi connectivity index (χ1v) is 7.47. The van der Waals surface area contributed by atoms with E-state index in [1.165, 1.54) is 4.26 Å². The average Bonchev–Trinajstić information content (AvgIpc) is 2.82. The van der Waals surface area contributed by atoms with Crippen molar-refractivity contribution < 1.29 is 0 Å². The van der Waals surface area contributed by atoms with Gasteiger partial charge in [-0.25, -0.2) is 0 Å². The number of aromatic nitrogens is 1. The van der Waals surface area contributed by atoms with Gasteiger partial charge in [0.2, 0.25) is 0 Å². The molecule has 0 spiro atoms. The van der Waals surface area contributed by atoms with Crippen molar-refractivity contribution in [2.75, 3.05) is 5.32 Å². The molecule has 3 rings (SSSR count). The number of nitrogens with one attached hydrogen (secondary N) is 1. The summed E-state index contributed by atoms with van der Waals surface area (Å²) < 4.78 is 2.52. The van der Waals surface area contributed by atoms with Crippen LogP contribution < -0.4 is 5.32 Å². The second-order valence-electron chi connectivity index (χ2n) is 3.86. The van der Waals surface area contributed by atoms with Gasteiger partial charge in [0.1, 0.15) is 0 Å². The molecule has 88 valence electrons. The van der Waals surface area contributed by atoms with E-state index in [0.29, 0.717) is 14.5 Å². The summed E-state index contributed by atoms with van der Waals surface area (Å²) in [7, 11) is 0. The Kier molecular flexibility index (Phi) is 3.26. The fourth-order valence-corrected chi connectivity index (χ4v) is 3.53. The van der Waals surface area contributed by atoms with Gasteiger partial charge in [0, 0.05) is 0 Å². The first-order valence-electron chi connectivity index (χ1n) is 5.75. The molecule has 0 atom stereocenters. The maximum atomic E-state index is 4.60. The normalized spacial score (nSPS) is 11.1. The summed E-state index contributed by atoms with van der Waals surface area (Å²) in [6.45, 7) is 0. The van der Waals surface area contributed by atoms with Crippen molar-refractivity contribution in [2.24, 2.45) is 0 Å². The first-order chi connectivity index (χ1) is 8.92. The van der Waals surface area contributed by atoms with Crippen LogP contribution in [0.3, 0.4) is 0 Å². The third kappa shape index (κ3) is 2.53. The fraction of sp³-hybridized carbons (Fsp3) is 0. The molecule has 0 saturated heterocycles. The molecule has 3 aromatic rings. The summed E-state index contributed by atoms with van der Waals surface area (Å²) in [5.41, 5.74) is 2.22. The van der Waals surface area contributed by atoms with Gasteiger partial charge in [0.05, 0.1) is 0 Å². The Hall–Kier alpha value is -1.83. The van der Waals surface area contributed by atoms with Crippen LogP contribution in [0, 0.1) is 0 Å². The van der Waals surface area contributed by atoms with E-state index in [9.17, 15) is 0 Å². The summed E-state index contributed by atoms with van der Waals surface area (Å²) in [5.74, 6) is 0. The van der Waals surface area contributed by atoms with Gasteiger partial charge in [-0.05, 0) is 0 Å². The standard InChI is InChI=1S/C15H12N2Se/c1-2-6-12(7-3-1)16-11-10-15-17-13-8-4-5-9-14(13)18-15/h1-11,16H. The second kappa shape index (κ2) is 5.21. The molecule has 0 fully saturated rings. The predicted molar refractivity (Wildman–Crippen MR) is 77.8 cm³/mol. The van der Waals surface area contributed by atoms with Gasteiger partial charge in [-0.2, -0.15) is 0 Å². The number of benzene rings is 2. The summed E-state index contributed by atoms with van der Waals surface area (Å²) in [5, 5.41) is 3.25. The molecule has 0 bridgehead atoms. The Morgan fingerprint density at radius 2 is 1.72 bits per heavy atom. The van der Waals surface area contributed by atoms with Gasteiger partial charge in [-0.3, -0.25) is 0 Å². The molecule has 1 N–H and O–H groups in total. The van der Waals surface area contributed by atoms with E-state index >= 15 is 0 Å². The van der Waals surface area contributed by atoms with Crippen LogP contribution in [0.15, 0.2) is 60.8 Å². The van der Waals surface area contributed by atoms with Crippen LogP contribution in [0.2, 0.25) is 0 Å². The third-order valence-corrected chi connectivity index (χ3v) is 4.66. The molecule has 2 aromatic carbocycles. The molecule has 0 aliphatic carbocycles. The molecular formula is C15H12N2Se. The molecule has 1 aromatic heterocycles. The van der Waals surface area contributed by atoms with Crippen LogP contribution in [0.25, 0.3) is 15.9 Å². The van der Waals surface area contributed by atoms with E-state index in [-0.39, 0.29) is 0 Å². The van der Waals surface area contributed by atoms with Gasteiger partial charge >= 0.3 is 112 Å². The van der Waals surface area contributed by atoms with Gasteiger partial charge in [0.25, 0.3) is 0 Å². The molecule has 0 radical (unpaired) electrons. The Morgan fingerprint density at radius 1 is 0.944 bits per heavy atom. The molecule has 0 unspecified atom stereocenters.